The van der Waals surface area contributed by atoms with Crippen LogP contribution in [0, 0.1) is 6.92 Å². The highest BCUT2D eigenvalue weighted by Gasteiger charge is 2.18. The zero-order chi connectivity index (χ0) is 12.6. The second kappa shape index (κ2) is 3.97. The number of rotatable bonds is 3. The van der Waals surface area contributed by atoms with E-state index in [1.54, 1.807) is 25.1 Å². The second-order valence-corrected chi connectivity index (χ2v) is 3.87. The summed E-state index contributed by atoms with van der Waals surface area (Å²) in [6.45, 7) is 5.95. The Bertz CT molecular complexity index is 611. The molecule has 4 nitrogen and oxygen atoms in total. The molecule has 1 aromatic heterocycles. The number of hydrogen-bond acceptors (Lipinski definition) is 2. The Morgan fingerprint density at radius 2 is 2.24 bits per heavy atom. The Hall–Kier alpha value is -2.23. The van der Waals surface area contributed by atoms with E-state index in [9.17, 15) is 15.0 Å². The highest BCUT2D eigenvalue weighted by atomic mass is 16.4. The van der Waals surface area contributed by atoms with E-state index < -0.39 is 5.97 Å². The van der Waals surface area contributed by atoms with Gasteiger partial charge in [-0.3, -0.25) is 0 Å². The number of phenolic OH excluding ortho intramolecular Hbond substituents is 1. The smallest absolute Gasteiger partial charge is 0.338 e. The first kappa shape index (κ1) is 11.3. The lowest BCUT2D eigenvalue weighted by Crippen LogP contribution is -2.02. The number of fused-ring (bicyclic) bond motifs is 1. The van der Waals surface area contributed by atoms with Gasteiger partial charge in [-0.05, 0) is 25.1 Å². The molecule has 2 aromatic rings. The van der Waals surface area contributed by atoms with Gasteiger partial charge in [0.15, 0.2) is 0 Å². The summed E-state index contributed by atoms with van der Waals surface area (Å²) < 4.78 is 1.87. The molecule has 0 spiro atoms. The molecule has 0 aliphatic heterocycles. The molecule has 0 aliphatic carbocycles. The topological polar surface area (TPSA) is 62.5 Å². The van der Waals surface area contributed by atoms with E-state index in [0.29, 0.717) is 17.6 Å². The van der Waals surface area contributed by atoms with E-state index in [2.05, 4.69) is 6.58 Å². The van der Waals surface area contributed by atoms with Crippen molar-refractivity contribution in [1.29, 1.82) is 0 Å². The molecule has 0 atom stereocenters. The number of aromatic carboxylic acids is 1. The number of hydrogen-bond donors (Lipinski definition) is 2. The van der Waals surface area contributed by atoms with Crippen LogP contribution in [0.25, 0.3) is 10.9 Å². The van der Waals surface area contributed by atoms with Gasteiger partial charge in [-0.25, -0.2) is 4.79 Å². The first-order valence-electron chi connectivity index (χ1n) is 5.22. The van der Waals surface area contributed by atoms with Crippen molar-refractivity contribution in [3.05, 3.63) is 42.1 Å². The lowest BCUT2D eigenvalue weighted by Gasteiger charge is -2.04. The van der Waals surface area contributed by atoms with E-state index in [1.807, 2.05) is 4.57 Å². The molecule has 0 unspecified atom stereocenters. The normalized spacial score (nSPS) is 10.6. The summed E-state index contributed by atoms with van der Waals surface area (Å²) in [7, 11) is 0. The Morgan fingerprint density at radius 1 is 1.53 bits per heavy atom. The molecular weight excluding hydrogens is 218 g/mol. The molecule has 2 rings (SSSR count). The molecule has 4 heteroatoms. The fourth-order valence-corrected chi connectivity index (χ4v) is 2.10. The van der Waals surface area contributed by atoms with Crippen LogP contribution in [0.2, 0.25) is 0 Å². The van der Waals surface area contributed by atoms with Crippen molar-refractivity contribution in [3.8, 4) is 5.75 Å². The maximum absolute atomic E-state index is 11.2. The predicted molar refractivity (Wildman–Crippen MR) is 65.5 cm³/mol. The average Bonchev–Trinajstić information content (AvgIpc) is 2.52. The molecule has 1 heterocycles. The van der Waals surface area contributed by atoms with Crippen molar-refractivity contribution < 1.29 is 15.0 Å². The molecule has 0 amide bonds. The predicted octanol–water partition coefficient (Wildman–Crippen LogP) is 2.54. The van der Waals surface area contributed by atoms with Crippen LogP contribution in [0.1, 0.15) is 16.1 Å². The molecule has 0 aliphatic rings. The molecular formula is C13H13NO3. The summed E-state index contributed by atoms with van der Waals surface area (Å²) in [5.41, 5.74) is 1.69. The van der Waals surface area contributed by atoms with Gasteiger partial charge in [0.2, 0.25) is 0 Å². The van der Waals surface area contributed by atoms with Crippen LogP contribution in [0.5, 0.6) is 5.75 Å². The zero-order valence-electron chi connectivity index (χ0n) is 9.47. The van der Waals surface area contributed by atoms with Crippen LogP contribution in [-0.4, -0.2) is 20.7 Å². The molecule has 0 fully saturated rings. The number of phenols is 1. The number of aromatic hydroxyl groups is 1. The van der Waals surface area contributed by atoms with Gasteiger partial charge in [0.25, 0.3) is 0 Å². The van der Waals surface area contributed by atoms with Gasteiger partial charge in [-0.2, -0.15) is 0 Å². The first-order chi connectivity index (χ1) is 8.06. The van der Waals surface area contributed by atoms with Gasteiger partial charge in [0.1, 0.15) is 5.75 Å². The van der Waals surface area contributed by atoms with E-state index in [-0.39, 0.29) is 11.3 Å². The van der Waals surface area contributed by atoms with E-state index >= 15 is 0 Å². The summed E-state index contributed by atoms with van der Waals surface area (Å²) in [6, 6.07) is 4.74. The minimum Gasteiger partial charge on any atom is -0.508 e. The Labute approximate surface area is 98.4 Å². The number of carboxylic acid groups (broad SMARTS) is 1. The third-order valence-corrected chi connectivity index (χ3v) is 2.83. The lowest BCUT2D eigenvalue weighted by atomic mass is 10.1. The van der Waals surface area contributed by atoms with Gasteiger partial charge in [-0.15, -0.1) is 6.58 Å². The SMILES string of the molecule is C=CCn1c(C)c(C(=O)O)c2cc(O)ccc21. The van der Waals surface area contributed by atoms with Crippen molar-refractivity contribution >= 4 is 16.9 Å². The number of aromatic nitrogens is 1. The minimum atomic E-state index is -0.985. The van der Waals surface area contributed by atoms with Crippen LogP contribution in [0.4, 0.5) is 0 Å². The molecule has 0 saturated heterocycles. The number of carbonyl (C=O) groups is 1. The number of allylic oxidation sites excluding steroid dienone is 1. The highest BCUT2D eigenvalue weighted by Crippen LogP contribution is 2.28. The number of benzene rings is 1. The number of carboxylic acids is 1. The maximum Gasteiger partial charge on any atom is 0.338 e. The first-order valence-corrected chi connectivity index (χ1v) is 5.22. The molecule has 0 radical (unpaired) electrons. The molecule has 17 heavy (non-hydrogen) atoms. The maximum atomic E-state index is 11.2. The van der Waals surface area contributed by atoms with Gasteiger partial charge in [-0.1, -0.05) is 6.08 Å². The third kappa shape index (κ3) is 1.67. The quantitative estimate of drug-likeness (QED) is 0.798. The molecule has 0 bridgehead atoms. The van der Waals surface area contributed by atoms with E-state index in [1.165, 1.54) is 6.07 Å². The zero-order valence-corrected chi connectivity index (χ0v) is 9.47. The lowest BCUT2D eigenvalue weighted by molar-refractivity contribution is 0.0698. The Balaban J connectivity index is 2.87. The van der Waals surface area contributed by atoms with Crippen LogP contribution in [0.15, 0.2) is 30.9 Å². The standard InChI is InChI=1S/C13H13NO3/c1-3-6-14-8(2)12(13(16)17)10-7-9(15)4-5-11(10)14/h3-5,7,15H,1,6H2,2H3,(H,16,17). The van der Waals surface area contributed by atoms with Gasteiger partial charge in [0.05, 0.1) is 5.56 Å². The Morgan fingerprint density at radius 3 is 2.82 bits per heavy atom. The number of nitrogens with zero attached hydrogens (tertiary/aromatic N) is 1. The minimum absolute atomic E-state index is 0.0655. The fourth-order valence-electron chi connectivity index (χ4n) is 2.10. The summed E-state index contributed by atoms with van der Waals surface area (Å²) >= 11 is 0. The average molecular weight is 231 g/mol. The molecule has 88 valence electrons. The van der Waals surface area contributed by atoms with Crippen LogP contribution in [-0.2, 0) is 6.54 Å². The molecule has 2 N–H and O–H groups in total. The van der Waals surface area contributed by atoms with Crippen molar-refractivity contribution in [2.45, 2.75) is 13.5 Å². The van der Waals surface area contributed by atoms with Crippen molar-refractivity contribution in [2.24, 2.45) is 0 Å². The monoisotopic (exact) mass is 231 g/mol. The summed E-state index contributed by atoms with van der Waals surface area (Å²) in [4.78, 5) is 11.2. The van der Waals surface area contributed by atoms with Crippen molar-refractivity contribution in [1.82, 2.24) is 4.57 Å². The van der Waals surface area contributed by atoms with Crippen LogP contribution in [0.3, 0.4) is 0 Å². The molecule has 0 saturated carbocycles. The largest absolute Gasteiger partial charge is 0.508 e. The van der Waals surface area contributed by atoms with Gasteiger partial charge >= 0.3 is 5.97 Å². The summed E-state index contributed by atoms with van der Waals surface area (Å²) in [5.74, 6) is -0.920. The summed E-state index contributed by atoms with van der Waals surface area (Å²) in [5, 5.41) is 19.2. The second-order valence-electron chi connectivity index (χ2n) is 3.87. The highest BCUT2D eigenvalue weighted by molar-refractivity contribution is 6.05. The van der Waals surface area contributed by atoms with Crippen molar-refractivity contribution in [2.75, 3.05) is 0 Å². The van der Waals surface area contributed by atoms with Gasteiger partial charge in [0, 0.05) is 23.1 Å². The van der Waals surface area contributed by atoms with Crippen molar-refractivity contribution in [3.63, 3.8) is 0 Å². The van der Waals surface area contributed by atoms with Crippen LogP contribution < -0.4 is 0 Å². The van der Waals surface area contributed by atoms with Gasteiger partial charge < -0.3 is 14.8 Å². The third-order valence-electron chi connectivity index (χ3n) is 2.83. The fraction of sp³-hybridized carbons (Fsp3) is 0.154. The summed E-state index contributed by atoms with van der Waals surface area (Å²) in [6.07, 6.45) is 1.71. The van der Waals surface area contributed by atoms with Crippen LogP contribution >= 0.6 is 0 Å². The Kier molecular flexibility index (Phi) is 2.63. The van der Waals surface area contributed by atoms with E-state index in [4.69, 9.17) is 0 Å². The molecule has 1 aromatic carbocycles. The van der Waals surface area contributed by atoms with E-state index in [0.717, 1.165) is 5.52 Å².